The maximum atomic E-state index is 15.0. The Labute approximate surface area is 400 Å². The molecule has 20 heteroatoms. The molecule has 7 amide bonds. The first kappa shape index (κ1) is 54.5. The van der Waals surface area contributed by atoms with Crippen molar-refractivity contribution in [2.45, 2.75) is 141 Å². The van der Waals surface area contributed by atoms with Crippen molar-refractivity contribution in [1.82, 2.24) is 36.4 Å². The summed E-state index contributed by atoms with van der Waals surface area (Å²) in [4.78, 5) is 116. The smallest absolute Gasteiger partial charge is 0.329 e. The fourth-order valence-corrected chi connectivity index (χ4v) is 8.54. The highest BCUT2D eigenvalue weighted by Crippen LogP contribution is 2.25. The van der Waals surface area contributed by atoms with Crippen LogP contribution in [0.15, 0.2) is 66.4 Å². The number of aliphatic hydroxyl groups is 1. The topological polar surface area (TPSA) is 270 Å². The molecular formula is C48H67N7O12S. The molecule has 2 aromatic carbocycles. The van der Waals surface area contributed by atoms with Crippen LogP contribution in [-0.4, -0.2) is 139 Å². The highest BCUT2D eigenvalue weighted by Gasteiger charge is 2.45. The van der Waals surface area contributed by atoms with E-state index >= 15 is 0 Å². The molecule has 9 atom stereocenters. The molecule has 7 N–H and O–H groups in total. The van der Waals surface area contributed by atoms with E-state index in [1.54, 1.807) is 56.3 Å². The van der Waals surface area contributed by atoms with E-state index in [-0.39, 0.29) is 55.7 Å². The molecule has 2 heterocycles. The zero-order valence-electron chi connectivity index (χ0n) is 39.8. The van der Waals surface area contributed by atoms with E-state index in [1.165, 1.54) is 45.4 Å². The van der Waals surface area contributed by atoms with Gasteiger partial charge in [-0.3, -0.25) is 37.8 Å². The van der Waals surface area contributed by atoms with Gasteiger partial charge in [-0.1, -0.05) is 82.2 Å². The van der Waals surface area contributed by atoms with Crippen molar-refractivity contribution in [2.24, 2.45) is 5.92 Å². The Hall–Kier alpha value is -6.15. The van der Waals surface area contributed by atoms with Gasteiger partial charge in [-0.05, 0) is 68.7 Å². The summed E-state index contributed by atoms with van der Waals surface area (Å²) >= 11 is 0. The summed E-state index contributed by atoms with van der Waals surface area (Å²) in [6.07, 6.45) is 1.52. The number of nitrogens with zero attached hydrogens (tertiary/aromatic N) is 2. The molecule has 0 aromatic heterocycles. The Kier molecular flexibility index (Phi) is 20.7. The molecule has 19 nitrogen and oxygen atoms in total. The minimum Gasteiger partial charge on any atom is -0.508 e. The lowest BCUT2D eigenvalue weighted by Gasteiger charge is -2.43. The van der Waals surface area contributed by atoms with E-state index in [9.17, 15) is 52.8 Å². The number of hydrogen-bond acceptors (Lipinski definition) is 12. The van der Waals surface area contributed by atoms with Gasteiger partial charge in [0.05, 0.1) is 0 Å². The number of cyclic esters (lactones) is 1. The van der Waals surface area contributed by atoms with Crippen molar-refractivity contribution in [2.75, 3.05) is 19.1 Å². The number of phenols is 1. The normalized spacial score (nSPS) is 25.0. The van der Waals surface area contributed by atoms with Gasteiger partial charge in [-0.2, -0.15) is 0 Å². The summed E-state index contributed by atoms with van der Waals surface area (Å²) in [5, 5.41) is 34.5. The number of esters is 1. The van der Waals surface area contributed by atoms with Gasteiger partial charge in [-0.15, -0.1) is 0 Å². The number of nitrogens with one attached hydrogen (secondary N) is 5. The molecule has 0 spiro atoms. The molecule has 2 aliphatic rings. The van der Waals surface area contributed by atoms with Crippen LogP contribution in [0.25, 0.3) is 0 Å². The molecule has 2 saturated heterocycles. The summed E-state index contributed by atoms with van der Waals surface area (Å²) in [7, 11) is -0.00865. The molecule has 0 radical (unpaired) electrons. The summed E-state index contributed by atoms with van der Waals surface area (Å²) in [5.74, 6) is -7.37. The fourth-order valence-electron chi connectivity index (χ4n) is 7.97. The van der Waals surface area contributed by atoms with Gasteiger partial charge in [0.2, 0.25) is 29.5 Å². The molecule has 1 unspecified atom stereocenters. The third-order valence-corrected chi connectivity index (χ3v) is 12.8. The number of allylic oxidation sites excluding steroid dienone is 1. The van der Waals surface area contributed by atoms with Gasteiger partial charge in [-0.25, -0.2) is 4.79 Å². The number of aromatic hydroxyl groups is 1. The Balaban J connectivity index is 1.83. The van der Waals surface area contributed by atoms with E-state index in [4.69, 9.17) is 4.74 Å². The quantitative estimate of drug-likeness (QED) is 0.0755. The second-order valence-electron chi connectivity index (χ2n) is 17.6. The molecule has 2 fully saturated rings. The number of aliphatic hydroxyl groups excluding tert-OH is 1. The molecule has 0 aliphatic carbocycles. The standard InChI is InChI=1S/C48H67N7O12S/c1-8-10-12-17-38(57)49-34(24-25-68(7)66)43(60)53-41-29(5)67-48(65)40(28(3)4)52-44(61)36(26-31-18-20-32(56)21-19-31)54(6)47(64)37(27-30-15-13-11-14-16-30)55-39(58)23-22-35(46(55)63)51-42(59)33(9-2)50-45(41)62/h9,11,13-16,18-21,28-29,34-37,39-41,56,58H,8,10,12,17,22-27H2,1-7H3,(H,49,57)(H,50,62)(H,51,59)(H,52,61)(H,53,60)/b33-9-/t29-,34+,35+,36+,37+,39-,40+,41+,68?/m1/s1. The number of piperidine rings is 1. The number of ether oxygens (including phenoxy) is 1. The minimum absolute atomic E-state index is 0.0171. The van der Waals surface area contributed by atoms with E-state index in [0.29, 0.717) is 17.5 Å². The van der Waals surface area contributed by atoms with Crippen LogP contribution in [-0.2, 0) is 66.7 Å². The van der Waals surface area contributed by atoms with Crippen LogP contribution in [0.4, 0.5) is 0 Å². The Bertz CT molecular complexity index is 2170. The zero-order chi connectivity index (χ0) is 50.2. The van der Waals surface area contributed by atoms with Crippen LogP contribution in [0.2, 0.25) is 0 Å². The van der Waals surface area contributed by atoms with Crippen LogP contribution < -0.4 is 26.6 Å². The molecule has 2 aromatic rings. The lowest BCUT2D eigenvalue weighted by atomic mass is 9.95. The van der Waals surface area contributed by atoms with Gasteiger partial charge in [0.1, 0.15) is 60.0 Å². The van der Waals surface area contributed by atoms with E-state index in [0.717, 1.165) is 22.6 Å². The van der Waals surface area contributed by atoms with Crippen molar-refractivity contribution in [1.29, 1.82) is 0 Å². The summed E-state index contributed by atoms with van der Waals surface area (Å²) in [5.41, 5.74) is 0.765. The van der Waals surface area contributed by atoms with Crippen LogP contribution in [0.5, 0.6) is 5.75 Å². The maximum Gasteiger partial charge on any atom is 0.329 e. The first-order chi connectivity index (χ1) is 32.2. The highest BCUT2D eigenvalue weighted by atomic mass is 32.2. The number of hydrogen-bond donors (Lipinski definition) is 7. The van der Waals surface area contributed by atoms with Crippen LogP contribution in [0.1, 0.15) is 90.7 Å². The Morgan fingerprint density at radius 1 is 0.912 bits per heavy atom. The zero-order valence-corrected chi connectivity index (χ0v) is 40.6. The average molecular weight is 966 g/mol. The number of carbonyl (C=O) groups is 8. The van der Waals surface area contributed by atoms with Gasteiger partial charge in [0, 0.05) is 49.1 Å². The molecule has 2 aliphatic heterocycles. The second-order valence-corrected chi connectivity index (χ2v) is 19.1. The van der Waals surface area contributed by atoms with Crippen LogP contribution in [0, 0.1) is 5.92 Å². The van der Waals surface area contributed by atoms with Crippen LogP contribution >= 0.6 is 0 Å². The van der Waals surface area contributed by atoms with Gasteiger partial charge < -0.3 is 51.3 Å². The molecule has 68 heavy (non-hydrogen) atoms. The van der Waals surface area contributed by atoms with Crippen molar-refractivity contribution >= 4 is 58.1 Å². The number of carbonyl (C=O) groups excluding carboxylic acids is 8. The average Bonchev–Trinajstić information content (AvgIpc) is 3.29. The molecular weight excluding hydrogens is 899 g/mol. The number of likely N-dealkylation sites (N-methyl/N-ethyl adjacent to an activating group) is 1. The Morgan fingerprint density at radius 2 is 1.56 bits per heavy atom. The van der Waals surface area contributed by atoms with Gasteiger partial charge >= 0.3 is 5.97 Å². The number of rotatable bonds is 15. The van der Waals surface area contributed by atoms with Crippen LogP contribution in [0.3, 0.4) is 0 Å². The molecule has 2 bridgehead atoms. The number of unbranched alkanes of at least 4 members (excludes halogenated alkanes) is 2. The largest absolute Gasteiger partial charge is 0.508 e. The first-order valence-electron chi connectivity index (χ1n) is 23.0. The molecule has 372 valence electrons. The minimum atomic E-state index is -1.74. The van der Waals surface area contributed by atoms with Crippen molar-refractivity contribution in [3.8, 4) is 5.75 Å². The lowest BCUT2D eigenvalue weighted by Crippen LogP contribution is -2.64. The summed E-state index contributed by atoms with van der Waals surface area (Å²) < 4.78 is 18.0. The van der Waals surface area contributed by atoms with Crippen molar-refractivity contribution < 1.29 is 57.5 Å². The lowest BCUT2D eigenvalue weighted by molar-refractivity contribution is -0.165. The van der Waals surface area contributed by atoms with Gasteiger partial charge in [0.15, 0.2) is 0 Å². The highest BCUT2D eigenvalue weighted by molar-refractivity contribution is 7.84. The van der Waals surface area contributed by atoms with E-state index in [2.05, 4.69) is 26.6 Å². The van der Waals surface area contributed by atoms with E-state index < -0.39 is 113 Å². The monoisotopic (exact) mass is 965 g/mol. The number of amides is 7. The number of benzene rings is 2. The molecule has 4 rings (SSSR count). The van der Waals surface area contributed by atoms with E-state index in [1.807, 2.05) is 6.92 Å². The Morgan fingerprint density at radius 3 is 2.18 bits per heavy atom. The SMILES string of the molecule is C/C=C1\NC(=O)[C@@H](NC(=O)[C@H](CCS(C)=O)NC(=O)CCCCC)[C@@H](C)OC(=O)[C@H](C(C)C)NC(=O)[C@H](Cc2ccc(O)cc2)N(C)C(=O)[C@H](Cc2ccccc2)N2C(=O)[C@H](CC[C@H]2O)NC1=O. The third kappa shape index (κ3) is 15.2. The number of fused-ring (bicyclic) bond motifs is 2. The van der Waals surface area contributed by atoms with Gasteiger partial charge in [0.25, 0.3) is 11.8 Å². The first-order valence-corrected chi connectivity index (χ1v) is 24.8. The summed E-state index contributed by atoms with van der Waals surface area (Å²) in [6, 6.07) is 6.13. The molecule has 0 saturated carbocycles. The third-order valence-electron chi connectivity index (χ3n) is 12.0. The number of phenolic OH excluding ortho intramolecular Hbond substituents is 1. The second kappa shape index (κ2) is 25.8. The fraction of sp³-hybridized carbons (Fsp3) is 0.542. The maximum absolute atomic E-state index is 15.0. The summed E-state index contributed by atoms with van der Waals surface area (Å²) in [6.45, 7) is 7.97. The predicted octanol–water partition coefficient (Wildman–Crippen LogP) is 1.22. The van der Waals surface area contributed by atoms with Crippen molar-refractivity contribution in [3.63, 3.8) is 0 Å². The predicted molar refractivity (Wildman–Crippen MR) is 252 cm³/mol. The van der Waals surface area contributed by atoms with Crippen molar-refractivity contribution in [3.05, 3.63) is 77.5 Å².